The molecule has 0 saturated carbocycles. The molecule has 0 aliphatic heterocycles. The van der Waals surface area contributed by atoms with Crippen molar-refractivity contribution >= 4 is 11.6 Å². The topological polar surface area (TPSA) is 93.1 Å². The Morgan fingerprint density at radius 3 is 1.19 bits per heavy atom. The number of aliphatic hydroxyl groups is 2. The summed E-state index contributed by atoms with van der Waals surface area (Å²) in [7, 11) is 0. The first-order chi connectivity index (χ1) is 19.8. The van der Waals surface area contributed by atoms with Gasteiger partial charge in [-0.15, -0.1) is 6.58 Å². The van der Waals surface area contributed by atoms with E-state index < -0.39 is 18.4 Å². The Morgan fingerprint density at radius 1 is 0.595 bits per heavy atom. The van der Waals surface area contributed by atoms with E-state index in [2.05, 4.69) is 27.4 Å². The maximum Gasteiger partial charge on any atom is 0.299 e. The average molecular weight is 599 g/mol. The largest absolute Gasteiger partial charge is 0.456 e. The lowest BCUT2D eigenvalue weighted by Gasteiger charge is -2.12. The van der Waals surface area contributed by atoms with Crippen LogP contribution in [0.1, 0.15) is 170 Å². The summed E-state index contributed by atoms with van der Waals surface area (Å²) < 4.78 is 10.8. The van der Waals surface area contributed by atoms with E-state index in [1.807, 2.05) is 18.2 Å². The van der Waals surface area contributed by atoms with Gasteiger partial charge >= 0.3 is 0 Å². The van der Waals surface area contributed by atoms with Gasteiger partial charge in [0.05, 0.1) is 12.5 Å². The standard InChI is InChI=1S/C23H42O3.C9H18.C3H6O3.CH4/c1-4-6-8-10-12-14-16-18-20-25-23(22(3)24)26-21-19-17-15-13-11-9-7-5-2;1-3-5-7-9-8-6-4-2;1-2(4)3(5)6;/h18-21,23H,4-17H2,1-3H3;3H,1,4-9H2,2H3;3,5-6H,1H3;1H4. The summed E-state index contributed by atoms with van der Waals surface area (Å²) in [5.41, 5.74) is 0. The van der Waals surface area contributed by atoms with Crippen molar-refractivity contribution in [2.75, 3.05) is 0 Å². The molecular weight excluding hydrogens is 528 g/mol. The van der Waals surface area contributed by atoms with Crippen LogP contribution in [0.2, 0.25) is 0 Å². The molecule has 0 aliphatic carbocycles. The van der Waals surface area contributed by atoms with Crippen molar-refractivity contribution in [1.82, 2.24) is 0 Å². The van der Waals surface area contributed by atoms with E-state index in [0.29, 0.717) is 0 Å². The van der Waals surface area contributed by atoms with Gasteiger partial charge < -0.3 is 19.7 Å². The van der Waals surface area contributed by atoms with E-state index in [-0.39, 0.29) is 13.2 Å². The molecule has 0 spiro atoms. The number of hydrogen-bond acceptors (Lipinski definition) is 6. The first-order valence-electron chi connectivity index (χ1n) is 16.4. The Labute approximate surface area is 261 Å². The van der Waals surface area contributed by atoms with E-state index >= 15 is 0 Å². The van der Waals surface area contributed by atoms with Crippen molar-refractivity contribution in [2.24, 2.45) is 0 Å². The molecule has 0 atom stereocenters. The van der Waals surface area contributed by atoms with Gasteiger partial charge in [-0.25, -0.2) is 0 Å². The van der Waals surface area contributed by atoms with E-state index in [4.69, 9.17) is 19.7 Å². The van der Waals surface area contributed by atoms with E-state index in [1.54, 1.807) is 12.5 Å². The van der Waals surface area contributed by atoms with Gasteiger partial charge in [-0.2, -0.15) is 0 Å². The second-order valence-electron chi connectivity index (χ2n) is 10.5. The van der Waals surface area contributed by atoms with Gasteiger partial charge in [-0.05, 0) is 57.6 Å². The smallest absolute Gasteiger partial charge is 0.299 e. The molecule has 0 bridgehead atoms. The fourth-order valence-corrected chi connectivity index (χ4v) is 3.59. The maximum absolute atomic E-state index is 11.6. The summed E-state index contributed by atoms with van der Waals surface area (Å²) in [6, 6.07) is 0. The van der Waals surface area contributed by atoms with Gasteiger partial charge in [0.1, 0.15) is 0 Å². The fraction of sp³-hybridized carbons (Fsp3) is 0.778. The Hall–Kier alpha value is -1.92. The van der Waals surface area contributed by atoms with Crippen LogP contribution in [0.25, 0.3) is 0 Å². The molecule has 0 aromatic rings. The van der Waals surface area contributed by atoms with Crippen LogP contribution in [0.4, 0.5) is 0 Å². The number of hydrogen-bond donors (Lipinski definition) is 2. The number of aliphatic hydroxyl groups excluding tert-OH is 1. The number of carbonyl (C=O) groups excluding carboxylic acids is 2. The molecular formula is C36H70O6. The quantitative estimate of drug-likeness (QED) is 0.0445. The Balaban J connectivity index is -0.000000369. The van der Waals surface area contributed by atoms with Crippen molar-refractivity contribution in [3.8, 4) is 0 Å². The first kappa shape index (κ1) is 47.0. The Bertz CT molecular complexity index is 584. The molecule has 0 saturated heterocycles. The lowest BCUT2D eigenvalue weighted by Crippen LogP contribution is -2.20. The molecule has 0 aromatic carbocycles. The lowest BCUT2D eigenvalue weighted by atomic mass is 10.1. The van der Waals surface area contributed by atoms with Crippen molar-refractivity contribution < 1.29 is 29.3 Å². The number of ether oxygens (including phenoxy) is 2. The zero-order valence-electron chi connectivity index (χ0n) is 27.4. The van der Waals surface area contributed by atoms with Crippen LogP contribution in [0.15, 0.2) is 37.3 Å². The average Bonchev–Trinajstić information content (AvgIpc) is 2.94. The van der Waals surface area contributed by atoms with Crippen LogP contribution in [0.3, 0.4) is 0 Å². The van der Waals surface area contributed by atoms with Gasteiger partial charge in [-0.3, -0.25) is 9.59 Å². The monoisotopic (exact) mass is 599 g/mol. The number of carbonyl (C=O) groups is 2. The second-order valence-corrected chi connectivity index (χ2v) is 10.5. The molecule has 0 radical (unpaired) electrons. The van der Waals surface area contributed by atoms with Crippen LogP contribution < -0.4 is 0 Å². The number of allylic oxidation sites excluding steroid dienone is 3. The normalized spacial score (nSPS) is 11.2. The van der Waals surface area contributed by atoms with E-state index in [0.717, 1.165) is 19.8 Å². The summed E-state index contributed by atoms with van der Waals surface area (Å²) in [6.45, 7) is 13.0. The molecule has 42 heavy (non-hydrogen) atoms. The zero-order valence-corrected chi connectivity index (χ0v) is 27.4. The van der Waals surface area contributed by atoms with Crippen LogP contribution >= 0.6 is 0 Å². The highest BCUT2D eigenvalue weighted by Gasteiger charge is 2.13. The van der Waals surface area contributed by atoms with Crippen LogP contribution in [-0.4, -0.2) is 34.4 Å². The molecule has 0 heterocycles. The number of rotatable bonds is 26. The van der Waals surface area contributed by atoms with Gasteiger partial charge in [-0.1, -0.05) is 124 Å². The minimum Gasteiger partial charge on any atom is -0.456 e. The highest BCUT2D eigenvalue weighted by molar-refractivity contribution is 5.79. The Morgan fingerprint density at radius 2 is 0.905 bits per heavy atom. The molecule has 2 N–H and O–H groups in total. The van der Waals surface area contributed by atoms with E-state index in [9.17, 15) is 9.59 Å². The summed E-state index contributed by atoms with van der Waals surface area (Å²) in [4.78, 5) is 21.2. The summed E-state index contributed by atoms with van der Waals surface area (Å²) in [5.74, 6) is -0.742. The van der Waals surface area contributed by atoms with Gasteiger partial charge in [0.2, 0.25) is 12.1 Å². The van der Waals surface area contributed by atoms with Crippen LogP contribution in [-0.2, 0) is 19.1 Å². The van der Waals surface area contributed by atoms with Crippen LogP contribution in [0.5, 0.6) is 0 Å². The minimum atomic E-state index is -1.79. The number of Topliss-reactive ketones (excluding diaryl/α,β-unsaturated/α-hetero) is 2. The predicted octanol–water partition coefficient (Wildman–Crippen LogP) is 10.5. The molecule has 6 nitrogen and oxygen atoms in total. The highest BCUT2D eigenvalue weighted by atomic mass is 16.7. The molecule has 0 rings (SSSR count). The fourth-order valence-electron chi connectivity index (χ4n) is 3.59. The van der Waals surface area contributed by atoms with Crippen molar-refractivity contribution in [2.45, 2.75) is 183 Å². The highest BCUT2D eigenvalue weighted by Crippen LogP contribution is 2.09. The first-order valence-corrected chi connectivity index (χ1v) is 16.4. The molecule has 0 amide bonds. The lowest BCUT2D eigenvalue weighted by molar-refractivity contribution is -0.145. The molecule has 0 aliphatic rings. The third-order valence-electron chi connectivity index (χ3n) is 6.25. The molecule has 0 unspecified atom stereocenters. The number of ketones is 2. The second kappa shape index (κ2) is 41.2. The third-order valence-corrected chi connectivity index (χ3v) is 6.25. The van der Waals surface area contributed by atoms with Crippen LogP contribution in [0, 0.1) is 0 Å². The van der Waals surface area contributed by atoms with Crippen molar-refractivity contribution in [1.29, 1.82) is 0 Å². The summed E-state index contributed by atoms with van der Waals surface area (Å²) >= 11 is 0. The molecule has 0 aromatic heterocycles. The zero-order chi connectivity index (χ0) is 31.4. The number of unbranched alkanes of at least 4 members (excludes halogenated alkanes) is 17. The van der Waals surface area contributed by atoms with E-state index in [1.165, 1.54) is 122 Å². The maximum atomic E-state index is 11.6. The van der Waals surface area contributed by atoms with Gasteiger partial charge in [0, 0.05) is 6.92 Å². The minimum absolute atomic E-state index is 0. The summed E-state index contributed by atoms with van der Waals surface area (Å²) in [6.07, 6.45) is 32.0. The van der Waals surface area contributed by atoms with Gasteiger partial charge in [0.15, 0.2) is 5.78 Å². The third kappa shape index (κ3) is 45.1. The molecule has 250 valence electrons. The molecule has 6 heteroatoms. The Kier molecular flexibility index (Phi) is 46.1. The predicted molar refractivity (Wildman–Crippen MR) is 180 cm³/mol. The molecule has 0 fully saturated rings. The van der Waals surface area contributed by atoms with Gasteiger partial charge in [0.25, 0.3) is 6.29 Å². The SMILES string of the molecule is C.C=CCCCCCCC.CC(=O)C(O)O.CCCCCCCCC=COC(OC=CCCCCCCCC)C(C)=O. The van der Waals surface area contributed by atoms with Crippen molar-refractivity contribution in [3.63, 3.8) is 0 Å². The summed E-state index contributed by atoms with van der Waals surface area (Å²) in [5, 5.41) is 15.7. The van der Waals surface area contributed by atoms with Crippen molar-refractivity contribution in [3.05, 3.63) is 37.3 Å².